The van der Waals surface area contributed by atoms with Crippen LogP contribution in [0.15, 0.2) is 24.3 Å². The zero-order chi connectivity index (χ0) is 14.7. The smallest absolute Gasteiger partial charge is 0.123 e. The summed E-state index contributed by atoms with van der Waals surface area (Å²) in [6, 6.07) is 8.38. The highest BCUT2D eigenvalue weighted by atomic mass is 19.1. The van der Waals surface area contributed by atoms with Crippen LogP contribution in [0.1, 0.15) is 45.7 Å². The van der Waals surface area contributed by atoms with Gasteiger partial charge in [0, 0.05) is 24.7 Å². The highest BCUT2D eigenvalue weighted by Gasteiger charge is 2.27. The van der Waals surface area contributed by atoms with Gasteiger partial charge in [0.15, 0.2) is 0 Å². The van der Waals surface area contributed by atoms with Crippen LogP contribution < -0.4 is 5.32 Å². The van der Waals surface area contributed by atoms with Crippen molar-refractivity contribution in [3.05, 3.63) is 35.6 Å². The second-order valence-corrected chi connectivity index (χ2v) is 6.51. The predicted octanol–water partition coefficient (Wildman–Crippen LogP) is 3.60. The van der Waals surface area contributed by atoms with Crippen molar-refractivity contribution in [3.8, 4) is 0 Å². The van der Waals surface area contributed by atoms with E-state index in [0.717, 1.165) is 6.54 Å². The molecule has 1 aromatic carbocycles. The largest absolute Gasteiger partial charge is 0.306 e. The normalized spacial score (nSPS) is 21.9. The lowest BCUT2D eigenvalue weighted by Crippen LogP contribution is -2.38. The van der Waals surface area contributed by atoms with Gasteiger partial charge < -0.3 is 5.32 Å². The summed E-state index contributed by atoms with van der Waals surface area (Å²) in [7, 11) is 0. The average Bonchev–Trinajstić information content (AvgIpc) is 2.86. The lowest BCUT2D eigenvalue weighted by atomic mass is 9.95. The number of hydrogen-bond acceptors (Lipinski definition) is 2. The molecule has 112 valence electrons. The lowest BCUT2D eigenvalue weighted by molar-refractivity contribution is 0.261. The van der Waals surface area contributed by atoms with Crippen LogP contribution in [0.25, 0.3) is 0 Å². The van der Waals surface area contributed by atoms with E-state index in [-0.39, 0.29) is 5.82 Å². The molecule has 1 fully saturated rings. The van der Waals surface area contributed by atoms with Crippen molar-refractivity contribution in [2.45, 2.75) is 52.2 Å². The zero-order valence-corrected chi connectivity index (χ0v) is 13.1. The Balaban J connectivity index is 2.02. The van der Waals surface area contributed by atoms with Gasteiger partial charge in [0.05, 0.1) is 0 Å². The number of nitrogens with zero attached hydrogens (tertiary/aromatic N) is 1. The molecule has 0 aromatic heterocycles. The van der Waals surface area contributed by atoms with Gasteiger partial charge in [-0.05, 0) is 50.4 Å². The second kappa shape index (κ2) is 6.68. The first-order chi connectivity index (χ1) is 9.47. The van der Waals surface area contributed by atoms with Gasteiger partial charge >= 0.3 is 0 Å². The van der Waals surface area contributed by atoms with Crippen molar-refractivity contribution in [1.82, 2.24) is 10.2 Å². The maximum atomic E-state index is 13.1. The van der Waals surface area contributed by atoms with Crippen molar-refractivity contribution in [1.29, 1.82) is 0 Å². The van der Waals surface area contributed by atoms with Gasteiger partial charge in [0.1, 0.15) is 5.82 Å². The molecule has 2 rings (SSSR count). The number of likely N-dealkylation sites (tertiary alicyclic amines) is 1. The number of benzene rings is 1. The first-order valence-corrected chi connectivity index (χ1v) is 7.73. The number of nitrogens with one attached hydrogen (secondary N) is 1. The minimum absolute atomic E-state index is 0.164. The molecule has 0 spiro atoms. The van der Waals surface area contributed by atoms with Crippen molar-refractivity contribution < 1.29 is 4.39 Å². The summed E-state index contributed by atoms with van der Waals surface area (Å²) >= 11 is 0. The van der Waals surface area contributed by atoms with Crippen LogP contribution in [-0.4, -0.2) is 30.1 Å². The Morgan fingerprint density at radius 2 is 1.80 bits per heavy atom. The van der Waals surface area contributed by atoms with E-state index in [1.165, 1.54) is 18.5 Å². The van der Waals surface area contributed by atoms with Crippen LogP contribution in [0.3, 0.4) is 0 Å². The van der Waals surface area contributed by atoms with Gasteiger partial charge in [-0.15, -0.1) is 0 Å². The standard InChI is InChI=1S/C17H27FN2/c1-12(2)17(14-5-7-15(18)8-6-14)19-16-9-10-20(11-16)13(3)4/h5-8,12-13,16-17,19H,9-11H2,1-4H3. The molecule has 0 amide bonds. The summed E-state index contributed by atoms with van der Waals surface area (Å²) in [6.07, 6.45) is 1.20. The highest BCUT2D eigenvalue weighted by molar-refractivity contribution is 5.20. The molecule has 2 unspecified atom stereocenters. The Bertz CT molecular complexity index is 414. The van der Waals surface area contributed by atoms with Crippen molar-refractivity contribution >= 4 is 0 Å². The summed E-state index contributed by atoms with van der Waals surface area (Å²) in [5, 5.41) is 3.77. The van der Waals surface area contributed by atoms with Crippen LogP contribution in [0.2, 0.25) is 0 Å². The minimum Gasteiger partial charge on any atom is -0.306 e. The summed E-state index contributed by atoms with van der Waals surface area (Å²) < 4.78 is 13.1. The molecule has 20 heavy (non-hydrogen) atoms. The molecular weight excluding hydrogens is 251 g/mol. The number of hydrogen-bond donors (Lipinski definition) is 1. The van der Waals surface area contributed by atoms with E-state index in [4.69, 9.17) is 0 Å². The van der Waals surface area contributed by atoms with Crippen molar-refractivity contribution in [3.63, 3.8) is 0 Å². The molecule has 1 heterocycles. The van der Waals surface area contributed by atoms with Gasteiger partial charge in [-0.25, -0.2) is 4.39 Å². The average molecular weight is 278 g/mol. The third-order valence-electron chi connectivity index (χ3n) is 4.26. The van der Waals surface area contributed by atoms with E-state index in [1.807, 2.05) is 12.1 Å². The Morgan fingerprint density at radius 1 is 1.15 bits per heavy atom. The zero-order valence-electron chi connectivity index (χ0n) is 13.1. The van der Waals surface area contributed by atoms with Crippen LogP contribution in [0.5, 0.6) is 0 Å². The Kier molecular flexibility index (Phi) is 5.17. The van der Waals surface area contributed by atoms with E-state index in [0.29, 0.717) is 24.0 Å². The van der Waals surface area contributed by atoms with Gasteiger partial charge in [-0.3, -0.25) is 4.90 Å². The van der Waals surface area contributed by atoms with Gasteiger partial charge in [-0.2, -0.15) is 0 Å². The SMILES string of the molecule is CC(C)C(NC1CCN(C(C)C)C1)c1ccc(F)cc1. The Labute approximate surface area is 122 Å². The molecule has 0 radical (unpaired) electrons. The summed E-state index contributed by atoms with van der Waals surface area (Å²) in [5.74, 6) is 0.330. The Morgan fingerprint density at radius 3 is 2.30 bits per heavy atom. The third-order valence-corrected chi connectivity index (χ3v) is 4.26. The maximum absolute atomic E-state index is 13.1. The summed E-state index contributed by atoms with van der Waals surface area (Å²) in [4.78, 5) is 2.51. The first-order valence-electron chi connectivity index (χ1n) is 7.73. The van der Waals surface area contributed by atoms with E-state index < -0.39 is 0 Å². The number of rotatable bonds is 5. The maximum Gasteiger partial charge on any atom is 0.123 e. The molecule has 1 aromatic rings. The van der Waals surface area contributed by atoms with Gasteiger partial charge in [0.25, 0.3) is 0 Å². The molecule has 2 atom stereocenters. The molecule has 2 nitrogen and oxygen atoms in total. The van der Waals surface area contributed by atoms with E-state index in [1.54, 1.807) is 12.1 Å². The molecular formula is C17H27FN2. The van der Waals surface area contributed by atoms with Gasteiger partial charge in [0.2, 0.25) is 0 Å². The van der Waals surface area contributed by atoms with E-state index in [9.17, 15) is 4.39 Å². The third kappa shape index (κ3) is 3.80. The van der Waals surface area contributed by atoms with Crippen LogP contribution in [0, 0.1) is 11.7 Å². The molecule has 0 bridgehead atoms. The fourth-order valence-electron chi connectivity index (χ4n) is 2.99. The fraction of sp³-hybridized carbons (Fsp3) is 0.647. The van der Waals surface area contributed by atoms with Crippen molar-refractivity contribution in [2.75, 3.05) is 13.1 Å². The molecule has 3 heteroatoms. The lowest BCUT2D eigenvalue weighted by Gasteiger charge is -2.27. The molecule has 1 saturated heterocycles. The van der Waals surface area contributed by atoms with E-state index >= 15 is 0 Å². The predicted molar refractivity (Wildman–Crippen MR) is 82.2 cm³/mol. The minimum atomic E-state index is -0.164. The second-order valence-electron chi connectivity index (χ2n) is 6.51. The molecule has 0 aliphatic carbocycles. The van der Waals surface area contributed by atoms with Gasteiger partial charge in [-0.1, -0.05) is 26.0 Å². The molecule has 1 aliphatic rings. The monoisotopic (exact) mass is 278 g/mol. The summed E-state index contributed by atoms with van der Waals surface area (Å²) in [5.41, 5.74) is 1.18. The molecule has 1 N–H and O–H groups in total. The molecule has 1 aliphatic heterocycles. The first kappa shape index (κ1) is 15.5. The van der Waals surface area contributed by atoms with Crippen LogP contribution in [-0.2, 0) is 0 Å². The van der Waals surface area contributed by atoms with E-state index in [2.05, 4.69) is 37.9 Å². The van der Waals surface area contributed by atoms with Crippen LogP contribution >= 0.6 is 0 Å². The van der Waals surface area contributed by atoms with Crippen LogP contribution in [0.4, 0.5) is 4.39 Å². The summed E-state index contributed by atoms with van der Waals surface area (Å²) in [6.45, 7) is 11.2. The Hall–Kier alpha value is -0.930. The number of halogens is 1. The topological polar surface area (TPSA) is 15.3 Å². The van der Waals surface area contributed by atoms with Crippen molar-refractivity contribution in [2.24, 2.45) is 5.92 Å². The molecule has 0 saturated carbocycles. The highest BCUT2D eigenvalue weighted by Crippen LogP contribution is 2.24. The fourth-order valence-corrected chi connectivity index (χ4v) is 2.99. The quantitative estimate of drug-likeness (QED) is 0.885.